The number of rotatable bonds is 5. The van der Waals surface area contributed by atoms with Crippen molar-refractivity contribution in [3.63, 3.8) is 0 Å². The molecule has 1 aromatic heterocycles. The lowest BCUT2D eigenvalue weighted by molar-refractivity contribution is 0.654. The average molecular weight is 195 g/mol. The quantitative estimate of drug-likeness (QED) is 0.559. The third kappa shape index (κ3) is 3.81. The second kappa shape index (κ2) is 6.03. The van der Waals surface area contributed by atoms with Crippen LogP contribution in [0.15, 0.2) is 24.4 Å². The van der Waals surface area contributed by atoms with Crippen molar-refractivity contribution in [2.75, 3.05) is 0 Å². The van der Waals surface area contributed by atoms with Gasteiger partial charge in [-0.3, -0.25) is 4.98 Å². The molecule has 1 heterocycles. The normalized spacial score (nSPS) is 12.8. The Morgan fingerprint density at radius 1 is 1.38 bits per heavy atom. The third-order valence-corrected chi connectivity index (χ3v) is 2.63. The molecule has 0 amide bonds. The maximum atomic E-state index is 4.53. The first-order valence-electron chi connectivity index (χ1n) is 4.93. The van der Waals surface area contributed by atoms with Crippen LogP contribution in [-0.4, -0.2) is 4.98 Å². The fourth-order valence-corrected chi connectivity index (χ4v) is 1.64. The standard InChI is InChI=1S/C11H17NS/c1-2-3-4-8-11(13)10-7-5-6-9-12-10/h5-7,9,11,13H,2-4,8H2,1H3. The van der Waals surface area contributed by atoms with Crippen LogP contribution >= 0.6 is 12.6 Å². The molecular formula is C11H17NS. The summed E-state index contributed by atoms with van der Waals surface area (Å²) in [6.45, 7) is 2.22. The summed E-state index contributed by atoms with van der Waals surface area (Å²) in [5, 5.41) is 0.313. The molecular weight excluding hydrogens is 178 g/mol. The van der Waals surface area contributed by atoms with Crippen LogP contribution in [0.4, 0.5) is 0 Å². The SMILES string of the molecule is CCCCCC(S)c1ccccn1. The van der Waals surface area contributed by atoms with Crippen molar-refractivity contribution in [3.05, 3.63) is 30.1 Å². The van der Waals surface area contributed by atoms with Crippen molar-refractivity contribution >= 4 is 12.6 Å². The number of pyridine rings is 1. The minimum atomic E-state index is 0.313. The molecule has 1 aromatic rings. The highest BCUT2D eigenvalue weighted by Crippen LogP contribution is 2.23. The molecule has 2 heteroatoms. The highest BCUT2D eigenvalue weighted by Gasteiger charge is 2.05. The van der Waals surface area contributed by atoms with Gasteiger partial charge in [-0.25, -0.2) is 0 Å². The molecule has 1 atom stereocenters. The predicted octanol–water partition coefficient (Wildman–Crippen LogP) is 3.63. The van der Waals surface area contributed by atoms with Crippen molar-refractivity contribution in [1.29, 1.82) is 0 Å². The van der Waals surface area contributed by atoms with Gasteiger partial charge in [0.1, 0.15) is 0 Å². The van der Waals surface area contributed by atoms with Crippen LogP contribution in [0.1, 0.15) is 43.6 Å². The Kier molecular flexibility index (Phi) is 4.91. The number of nitrogens with zero attached hydrogens (tertiary/aromatic N) is 1. The van der Waals surface area contributed by atoms with Gasteiger partial charge < -0.3 is 0 Å². The molecule has 0 aliphatic carbocycles. The molecule has 0 aliphatic heterocycles. The van der Waals surface area contributed by atoms with Crippen molar-refractivity contribution in [2.24, 2.45) is 0 Å². The zero-order chi connectivity index (χ0) is 9.52. The van der Waals surface area contributed by atoms with Gasteiger partial charge >= 0.3 is 0 Å². The first kappa shape index (κ1) is 10.6. The van der Waals surface area contributed by atoms with Crippen LogP contribution in [0.5, 0.6) is 0 Å². The molecule has 0 saturated heterocycles. The largest absolute Gasteiger partial charge is 0.260 e. The zero-order valence-corrected chi connectivity index (χ0v) is 9.00. The number of hydrogen-bond donors (Lipinski definition) is 1. The first-order valence-corrected chi connectivity index (χ1v) is 5.45. The van der Waals surface area contributed by atoms with E-state index in [1.54, 1.807) is 0 Å². The summed E-state index contributed by atoms with van der Waals surface area (Å²) in [5.41, 5.74) is 1.10. The summed E-state index contributed by atoms with van der Waals surface area (Å²) in [4.78, 5) is 4.28. The molecule has 13 heavy (non-hydrogen) atoms. The molecule has 1 nitrogen and oxygen atoms in total. The number of aromatic nitrogens is 1. The van der Waals surface area contributed by atoms with Gasteiger partial charge in [0.2, 0.25) is 0 Å². The Hall–Kier alpha value is -0.500. The van der Waals surface area contributed by atoms with E-state index in [9.17, 15) is 0 Å². The number of thiol groups is 1. The van der Waals surface area contributed by atoms with E-state index in [1.807, 2.05) is 24.4 Å². The maximum absolute atomic E-state index is 4.53. The molecule has 1 rings (SSSR count). The smallest absolute Gasteiger partial charge is 0.0530 e. The Morgan fingerprint density at radius 3 is 2.85 bits per heavy atom. The highest BCUT2D eigenvalue weighted by molar-refractivity contribution is 7.80. The Balaban J connectivity index is 2.35. The Labute approximate surface area is 86.0 Å². The van der Waals surface area contributed by atoms with Crippen LogP contribution in [0.2, 0.25) is 0 Å². The summed E-state index contributed by atoms with van der Waals surface area (Å²) in [6.07, 6.45) is 6.78. The molecule has 0 N–H and O–H groups in total. The van der Waals surface area contributed by atoms with Gasteiger partial charge in [0.05, 0.1) is 5.69 Å². The van der Waals surface area contributed by atoms with E-state index in [0.717, 1.165) is 12.1 Å². The molecule has 0 fully saturated rings. The summed E-state index contributed by atoms with van der Waals surface area (Å²) < 4.78 is 0. The summed E-state index contributed by atoms with van der Waals surface area (Å²) in [6, 6.07) is 6.00. The molecule has 0 spiro atoms. The first-order chi connectivity index (χ1) is 6.34. The molecule has 0 aliphatic rings. The van der Waals surface area contributed by atoms with Crippen LogP contribution in [0.3, 0.4) is 0 Å². The average Bonchev–Trinajstić information content (AvgIpc) is 2.19. The van der Waals surface area contributed by atoms with E-state index in [0.29, 0.717) is 5.25 Å². The van der Waals surface area contributed by atoms with Crippen molar-refractivity contribution in [2.45, 2.75) is 37.9 Å². The predicted molar refractivity (Wildman–Crippen MR) is 60.1 cm³/mol. The Bertz CT molecular complexity index is 223. The van der Waals surface area contributed by atoms with Gasteiger partial charge in [-0.05, 0) is 18.6 Å². The molecule has 0 radical (unpaired) electrons. The third-order valence-electron chi connectivity index (χ3n) is 2.11. The van der Waals surface area contributed by atoms with E-state index in [-0.39, 0.29) is 0 Å². The molecule has 0 bridgehead atoms. The van der Waals surface area contributed by atoms with Gasteiger partial charge in [0.15, 0.2) is 0 Å². The maximum Gasteiger partial charge on any atom is 0.0530 e. The van der Waals surface area contributed by atoms with Crippen LogP contribution < -0.4 is 0 Å². The molecule has 72 valence electrons. The van der Waals surface area contributed by atoms with E-state index in [1.165, 1.54) is 19.3 Å². The number of hydrogen-bond acceptors (Lipinski definition) is 2. The van der Waals surface area contributed by atoms with E-state index < -0.39 is 0 Å². The lowest BCUT2D eigenvalue weighted by Crippen LogP contribution is -1.93. The summed E-state index contributed by atoms with van der Waals surface area (Å²) in [5.74, 6) is 0. The van der Waals surface area contributed by atoms with Gasteiger partial charge in [-0.2, -0.15) is 12.6 Å². The van der Waals surface area contributed by atoms with Crippen LogP contribution in [-0.2, 0) is 0 Å². The van der Waals surface area contributed by atoms with E-state index in [4.69, 9.17) is 0 Å². The molecule has 0 aromatic carbocycles. The lowest BCUT2D eigenvalue weighted by Gasteiger charge is -2.08. The Morgan fingerprint density at radius 2 is 2.23 bits per heavy atom. The minimum Gasteiger partial charge on any atom is -0.260 e. The second-order valence-corrected chi connectivity index (χ2v) is 3.89. The fourth-order valence-electron chi connectivity index (χ4n) is 1.31. The highest BCUT2D eigenvalue weighted by atomic mass is 32.1. The van der Waals surface area contributed by atoms with Gasteiger partial charge in [0.25, 0.3) is 0 Å². The minimum absolute atomic E-state index is 0.313. The zero-order valence-electron chi connectivity index (χ0n) is 8.11. The lowest BCUT2D eigenvalue weighted by atomic mass is 10.1. The van der Waals surface area contributed by atoms with Gasteiger partial charge in [-0.1, -0.05) is 32.3 Å². The van der Waals surface area contributed by atoms with E-state index >= 15 is 0 Å². The number of unbranched alkanes of at least 4 members (excludes halogenated alkanes) is 2. The fraction of sp³-hybridized carbons (Fsp3) is 0.545. The van der Waals surface area contributed by atoms with Crippen molar-refractivity contribution < 1.29 is 0 Å². The summed E-state index contributed by atoms with van der Waals surface area (Å²) in [7, 11) is 0. The van der Waals surface area contributed by atoms with Gasteiger partial charge in [-0.15, -0.1) is 0 Å². The molecule has 0 saturated carbocycles. The monoisotopic (exact) mass is 195 g/mol. The van der Waals surface area contributed by atoms with Crippen molar-refractivity contribution in [1.82, 2.24) is 4.98 Å². The van der Waals surface area contributed by atoms with E-state index in [2.05, 4.69) is 24.5 Å². The van der Waals surface area contributed by atoms with Crippen molar-refractivity contribution in [3.8, 4) is 0 Å². The van der Waals surface area contributed by atoms with Crippen LogP contribution in [0.25, 0.3) is 0 Å². The molecule has 1 unspecified atom stereocenters. The van der Waals surface area contributed by atoms with Crippen LogP contribution in [0, 0.1) is 0 Å². The summed E-state index contributed by atoms with van der Waals surface area (Å²) >= 11 is 4.53. The second-order valence-electron chi connectivity index (χ2n) is 3.27. The van der Waals surface area contributed by atoms with Gasteiger partial charge in [0, 0.05) is 11.4 Å². The topological polar surface area (TPSA) is 12.9 Å².